The fourth-order valence-electron chi connectivity index (χ4n) is 1.86. The van der Waals surface area contributed by atoms with Crippen LogP contribution in [0, 0.1) is 13.8 Å². The monoisotopic (exact) mass is 278 g/mol. The molecular weight excluding hydrogens is 264 g/mol. The quantitative estimate of drug-likeness (QED) is 0.930. The molecule has 19 heavy (non-hydrogen) atoms. The number of carbonyl (C=O) groups excluding carboxylic acids is 1. The number of aryl methyl sites for hydroxylation is 3. The number of anilines is 1. The van der Waals surface area contributed by atoms with Crippen molar-refractivity contribution in [2.45, 2.75) is 27.2 Å². The van der Waals surface area contributed by atoms with Crippen molar-refractivity contribution in [2.75, 3.05) is 5.32 Å². The number of halogens is 1. The van der Waals surface area contributed by atoms with Gasteiger partial charge in [-0.1, -0.05) is 29.7 Å². The Labute approximate surface area is 116 Å². The molecule has 1 aromatic carbocycles. The van der Waals surface area contributed by atoms with E-state index in [0.717, 1.165) is 5.56 Å². The second-order valence-corrected chi connectivity index (χ2v) is 4.76. The fourth-order valence-corrected chi connectivity index (χ4v) is 2.14. The van der Waals surface area contributed by atoms with Gasteiger partial charge in [-0.3, -0.25) is 4.79 Å². The van der Waals surface area contributed by atoms with Crippen LogP contribution in [-0.2, 0) is 6.42 Å². The number of nitrogens with zero attached hydrogens (tertiary/aromatic N) is 1. The van der Waals surface area contributed by atoms with Crippen LogP contribution in [0.1, 0.15) is 34.3 Å². The predicted molar refractivity (Wildman–Crippen MR) is 74.8 cm³/mol. The van der Waals surface area contributed by atoms with Gasteiger partial charge >= 0.3 is 0 Å². The van der Waals surface area contributed by atoms with E-state index in [1.165, 1.54) is 0 Å². The summed E-state index contributed by atoms with van der Waals surface area (Å²) in [4.78, 5) is 12.2. The number of benzene rings is 1. The highest BCUT2D eigenvalue weighted by Gasteiger charge is 2.19. The van der Waals surface area contributed by atoms with Crippen molar-refractivity contribution in [3.63, 3.8) is 0 Å². The van der Waals surface area contributed by atoms with E-state index in [9.17, 15) is 4.79 Å². The van der Waals surface area contributed by atoms with E-state index >= 15 is 0 Å². The lowest BCUT2D eigenvalue weighted by molar-refractivity contribution is 0.102. The largest absolute Gasteiger partial charge is 0.361 e. The summed E-state index contributed by atoms with van der Waals surface area (Å²) < 4.78 is 5.05. The van der Waals surface area contributed by atoms with Crippen molar-refractivity contribution in [2.24, 2.45) is 0 Å². The number of carbonyl (C=O) groups is 1. The summed E-state index contributed by atoms with van der Waals surface area (Å²) in [5, 5.41) is 7.16. The molecule has 4 nitrogen and oxygen atoms in total. The average molecular weight is 279 g/mol. The number of hydrogen-bond acceptors (Lipinski definition) is 3. The maximum Gasteiger partial charge on any atom is 0.261 e. The van der Waals surface area contributed by atoms with Crippen molar-refractivity contribution in [1.82, 2.24) is 5.16 Å². The second-order valence-electron chi connectivity index (χ2n) is 4.35. The summed E-state index contributed by atoms with van der Waals surface area (Å²) in [6, 6.07) is 5.48. The summed E-state index contributed by atoms with van der Waals surface area (Å²) in [6.07, 6.45) is 0.641. The van der Waals surface area contributed by atoms with Crippen LogP contribution < -0.4 is 5.32 Å². The minimum absolute atomic E-state index is 0.249. The SMILES string of the molecule is CCc1noc(C)c1C(=O)Nc1ccc(C)cc1Cl. The molecule has 0 saturated heterocycles. The molecule has 0 unspecified atom stereocenters. The van der Waals surface area contributed by atoms with E-state index in [1.54, 1.807) is 19.1 Å². The highest BCUT2D eigenvalue weighted by molar-refractivity contribution is 6.34. The smallest absolute Gasteiger partial charge is 0.261 e. The van der Waals surface area contributed by atoms with Gasteiger partial charge < -0.3 is 9.84 Å². The number of rotatable bonds is 3. The first-order valence-electron chi connectivity index (χ1n) is 6.05. The van der Waals surface area contributed by atoms with Crippen LogP contribution >= 0.6 is 11.6 Å². The van der Waals surface area contributed by atoms with Gasteiger partial charge in [0.25, 0.3) is 5.91 Å². The zero-order valence-electron chi connectivity index (χ0n) is 11.1. The van der Waals surface area contributed by atoms with E-state index in [2.05, 4.69) is 10.5 Å². The Bertz CT molecular complexity index is 620. The summed E-state index contributed by atoms with van der Waals surface area (Å²) in [5.74, 6) is 0.263. The second kappa shape index (κ2) is 5.45. The molecule has 100 valence electrons. The zero-order chi connectivity index (χ0) is 14.0. The lowest BCUT2D eigenvalue weighted by Gasteiger charge is -2.07. The number of amides is 1. The van der Waals surface area contributed by atoms with Crippen molar-refractivity contribution < 1.29 is 9.32 Å². The molecule has 0 radical (unpaired) electrons. The van der Waals surface area contributed by atoms with Gasteiger partial charge in [-0.15, -0.1) is 0 Å². The third kappa shape index (κ3) is 2.79. The molecule has 2 aromatic rings. The van der Waals surface area contributed by atoms with Crippen molar-refractivity contribution in [3.05, 3.63) is 45.8 Å². The molecule has 0 saturated carbocycles. The van der Waals surface area contributed by atoms with Crippen LogP contribution in [0.4, 0.5) is 5.69 Å². The number of nitrogens with one attached hydrogen (secondary N) is 1. The summed E-state index contributed by atoms with van der Waals surface area (Å²) in [7, 11) is 0. The zero-order valence-corrected chi connectivity index (χ0v) is 11.8. The molecule has 1 aromatic heterocycles. The number of aromatic nitrogens is 1. The highest BCUT2D eigenvalue weighted by Crippen LogP contribution is 2.24. The molecule has 5 heteroatoms. The topological polar surface area (TPSA) is 55.1 Å². The molecule has 0 spiro atoms. The van der Waals surface area contributed by atoms with Crippen LogP contribution in [-0.4, -0.2) is 11.1 Å². The van der Waals surface area contributed by atoms with E-state index in [1.807, 2.05) is 19.9 Å². The van der Waals surface area contributed by atoms with Gasteiger partial charge in [-0.2, -0.15) is 0 Å². The van der Waals surface area contributed by atoms with Crippen LogP contribution in [0.3, 0.4) is 0 Å². The van der Waals surface area contributed by atoms with E-state index in [-0.39, 0.29) is 5.91 Å². The van der Waals surface area contributed by atoms with Gasteiger partial charge in [0.05, 0.1) is 16.4 Å². The molecule has 0 aliphatic rings. The maximum atomic E-state index is 12.2. The third-order valence-corrected chi connectivity index (χ3v) is 3.18. The van der Waals surface area contributed by atoms with Gasteiger partial charge in [-0.05, 0) is 38.0 Å². The van der Waals surface area contributed by atoms with Crippen LogP contribution in [0.25, 0.3) is 0 Å². The molecule has 1 amide bonds. The lowest BCUT2D eigenvalue weighted by Crippen LogP contribution is -2.14. The molecule has 0 aliphatic carbocycles. The van der Waals surface area contributed by atoms with Crippen LogP contribution in [0.5, 0.6) is 0 Å². The summed E-state index contributed by atoms with van der Waals surface area (Å²) in [6.45, 7) is 5.58. The first kappa shape index (κ1) is 13.6. The standard InChI is InChI=1S/C14H15ClN2O2/c1-4-11-13(9(3)19-17-11)14(18)16-12-6-5-8(2)7-10(12)15/h5-7H,4H2,1-3H3,(H,16,18). The Morgan fingerprint density at radius 2 is 2.16 bits per heavy atom. The molecule has 2 rings (SSSR count). The predicted octanol–water partition coefficient (Wildman–Crippen LogP) is 3.76. The van der Waals surface area contributed by atoms with Gasteiger partial charge in [0.15, 0.2) is 0 Å². The molecule has 0 atom stereocenters. The lowest BCUT2D eigenvalue weighted by atomic mass is 10.1. The first-order chi connectivity index (χ1) is 9.02. The van der Waals surface area contributed by atoms with Gasteiger partial charge in [0.2, 0.25) is 0 Å². The Morgan fingerprint density at radius 1 is 1.42 bits per heavy atom. The Hall–Kier alpha value is -1.81. The van der Waals surface area contributed by atoms with Gasteiger partial charge in [0, 0.05) is 0 Å². The number of hydrogen-bond donors (Lipinski definition) is 1. The fraction of sp³-hybridized carbons (Fsp3) is 0.286. The molecule has 1 heterocycles. The van der Waals surface area contributed by atoms with Gasteiger partial charge in [0.1, 0.15) is 11.3 Å². The highest BCUT2D eigenvalue weighted by atomic mass is 35.5. The Balaban J connectivity index is 2.28. The van der Waals surface area contributed by atoms with E-state index < -0.39 is 0 Å². The average Bonchev–Trinajstić information content (AvgIpc) is 2.74. The molecule has 1 N–H and O–H groups in total. The van der Waals surface area contributed by atoms with Crippen molar-refractivity contribution in [1.29, 1.82) is 0 Å². The van der Waals surface area contributed by atoms with Crippen molar-refractivity contribution >= 4 is 23.2 Å². The summed E-state index contributed by atoms with van der Waals surface area (Å²) >= 11 is 6.09. The minimum atomic E-state index is -0.249. The Morgan fingerprint density at radius 3 is 2.79 bits per heavy atom. The first-order valence-corrected chi connectivity index (χ1v) is 6.43. The minimum Gasteiger partial charge on any atom is -0.361 e. The Kier molecular flexibility index (Phi) is 3.90. The van der Waals surface area contributed by atoms with E-state index in [0.29, 0.717) is 34.1 Å². The van der Waals surface area contributed by atoms with Crippen LogP contribution in [0.15, 0.2) is 22.7 Å². The molecule has 0 bridgehead atoms. The normalized spacial score (nSPS) is 10.5. The van der Waals surface area contributed by atoms with Crippen LogP contribution in [0.2, 0.25) is 5.02 Å². The van der Waals surface area contributed by atoms with E-state index in [4.69, 9.17) is 16.1 Å². The third-order valence-electron chi connectivity index (χ3n) is 2.87. The molecular formula is C14H15ClN2O2. The van der Waals surface area contributed by atoms with Crippen molar-refractivity contribution in [3.8, 4) is 0 Å². The molecule has 0 aliphatic heterocycles. The molecule has 0 fully saturated rings. The summed E-state index contributed by atoms with van der Waals surface area (Å²) in [5.41, 5.74) is 2.76. The maximum absolute atomic E-state index is 12.2. The van der Waals surface area contributed by atoms with Gasteiger partial charge in [-0.25, -0.2) is 0 Å².